The molecule has 0 aliphatic carbocycles. The molecule has 0 bridgehead atoms. The maximum atomic E-state index is 13.3. The van der Waals surface area contributed by atoms with Gasteiger partial charge in [-0.05, 0) is 49.2 Å². The molecule has 0 aliphatic heterocycles. The molecule has 7 nitrogen and oxygen atoms in total. The van der Waals surface area contributed by atoms with E-state index in [1.54, 1.807) is 29.2 Å². The van der Waals surface area contributed by atoms with Crippen LogP contribution in [-0.2, 0) is 17.5 Å². The number of hydrogen-bond donors (Lipinski definition) is 1. The van der Waals surface area contributed by atoms with Gasteiger partial charge in [0, 0.05) is 19.3 Å². The molecule has 1 heterocycles. The summed E-state index contributed by atoms with van der Waals surface area (Å²) in [6.07, 6.45) is -3.36. The predicted octanol–water partition coefficient (Wildman–Crippen LogP) is 5.46. The van der Waals surface area contributed by atoms with E-state index in [4.69, 9.17) is 9.72 Å². The van der Waals surface area contributed by atoms with Crippen LogP contribution in [0, 0.1) is 0 Å². The van der Waals surface area contributed by atoms with Crippen molar-refractivity contribution in [1.29, 1.82) is 0 Å². The second kappa shape index (κ2) is 11.4. The number of anilines is 1. The largest absolute Gasteiger partial charge is 0.416 e. The van der Waals surface area contributed by atoms with Crippen molar-refractivity contribution in [2.45, 2.75) is 45.5 Å². The van der Waals surface area contributed by atoms with Crippen LogP contribution in [0.5, 0.6) is 0 Å². The van der Waals surface area contributed by atoms with Crippen molar-refractivity contribution in [3.63, 3.8) is 0 Å². The molecule has 188 valence electrons. The van der Waals surface area contributed by atoms with Crippen molar-refractivity contribution in [3.05, 3.63) is 70.3 Å². The van der Waals surface area contributed by atoms with Gasteiger partial charge in [-0.2, -0.15) is 13.2 Å². The summed E-state index contributed by atoms with van der Waals surface area (Å²) in [5.74, 6) is 0.435. The van der Waals surface area contributed by atoms with E-state index in [1.165, 1.54) is 23.8 Å². The molecule has 0 radical (unpaired) electrons. The van der Waals surface area contributed by atoms with Gasteiger partial charge in [0.15, 0.2) is 0 Å². The fraction of sp³-hybridized carbons (Fsp3) is 0.400. The number of benzene rings is 2. The Kier molecular flexibility index (Phi) is 8.50. The van der Waals surface area contributed by atoms with Crippen molar-refractivity contribution in [3.8, 4) is 0 Å². The third kappa shape index (κ3) is 6.00. The lowest BCUT2D eigenvalue weighted by atomic mass is 10.1. The molecule has 0 saturated carbocycles. The first-order valence-electron chi connectivity index (χ1n) is 11.4. The maximum Gasteiger partial charge on any atom is 0.416 e. The molecule has 1 atom stereocenters. The lowest BCUT2D eigenvalue weighted by Gasteiger charge is -2.32. The van der Waals surface area contributed by atoms with E-state index in [-0.39, 0.29) is 24.4 Å². The van der Waals surface area contributed by atoms with Crippen LogP contribution in [-0.4, -0.2) is 40.7 Å². The summed E-state index contributed by atoms with van der Waals surface area (Å²) in [4.78, 5) is 32.9. The predicted molar refractivity (Wildman–Crippen MR) is 128 cm³/mol. The Balaban J connectivity index is 2.00. The fourth-order valence-electron chi connectivity index (χ4n) is 3.96. The number of amides is 2. The Labute approximate surface area is 201 Å². The number of methoxy groups -OCH3 is 1. The summed E-state index contributed by atoms with van der Waals surface area (Å²) in [5.41, 5.74) is -0.253. The van der Waals surface area contributed by atoms with E-state index in [0.29, 0.717) is 36.1 Å². The van der Waals surface area contributed by atoms with Gasteiger partial charge in [-0.1, -0.05) is 26.0 Å². The van der Waals surface area contributed by atoms with E-state index in [9.17, 15) is 22.8 Å². The van der Waals surface area contributed by atoms with E-state index in [0.717, 1.165) is 12.1 Å². The second-order valence-electron chi connectivity index (χ2n) is 8.06. The van der Waals surface area contributed by atoms with Gasteiger partial charge in [-0.15, -0.1) is 0 Å². The number of carbonyl (C=O) groups is 1. The van der Waals surface area contributed by atoms with E-state index < -0.39 is 23.8 Å². The number of fused-ring (bicyclic) bond motifs is 1. The van der Waals surface area contributed by atoms with Gasteiger partial charge in [-0.3, -0.25) is 9.36 Å². The second-order valence-corrected chi connectivity index (χ2v) is 8.06. The van der Waals surface area contributed by atoms with Gasteiger partial charge in [0.25, 0.3) is 5.56 Å². The average molecular weight is 491 g/mol. The number of ether oxygens (including phenoxy) is 1. The number of hydrogen-bond acceptors (Lipinski definition) is 4. The van der Waals surface area contributed by atoms with Gasteiger partial charge in [0.1, 0.15) is 5.82 Å². The number of rotatable bonds is 9. The summed E-state index contributed by atoms with van der Waals surface area (Å²) in [6, 6.07) is 10.3. The van der Waals surface area contributed by atoms with Crippen molar-refractivity contribution < 1.29 is 22.7 Å². The van der Waals surface area contributed by atoms with Crippen LogP contribution in [0.3, 0.4) is 0 Å². The van der Waals surface area contributed by atoms with Crippen molar-refractivity contribution >= 4 is 22.6 Å². The molecule has 3 rings (SSSR count). The normalized spacial score (nSPS) is 12.5. The summed E-state index contributed by atoms with van der Waals surface area (Å²) < 4.78 is 45.4. The first-order chi connectivity index (χ1) is 16.7. The van der Waals surface area contributed by atoms with Crippen LogP contribution < -0.4 is 10.9 Å². The quantitative estimate of drug-likeness (QED) is 0.432. The SMILES string of the molecule is CCCN(C(=O)Nc1ccc(C(F)(F)F)cc1)C(CC)c1nc2ccccc2c(=O)n1CCOC. The molecule has 2 amide bonds. The van der Waals surface area contributed by atoms with Crippen molar-refractivity contribution in [1.82, 2.24) is 14.5 Å². The zero-order valence-electron chi connectivity index (χ0n) is 19.9. The van der Waals surface area contributed by atoms with Crippen LogP contribution in [0.4, 0.5) is 23.7 Å². The van der Waals surface area contributed by atoms with Crippen LogP contribution in [0.1, 0.15) is 44.1 Å². The molecule has 35 heavy (non-hydrogen) atoms. The van der Waals surface area contributed by atoms with Gasteiger partial charge >= 0.3 is 12.2 Å². The minimum absolute atomic E-state index is 0.222. The lowest BCUT2D eigenvalue weighted by molar-refractivity contribution is -0.137. The third-order valence-corrected chi connectivity index (χ3v) is 5.66. The highest BCUT2D eigenvalue weighted by Crippen LogP contribution is 2.30. The highest BCUT2D eigenvalue weighted by molar-refractivity contribution is 5.89. The molecular weight excluding hydrogens is 461 g/mol. The van der Waals surface area contributed by atoms with Gasteiger partial charge in [-0.25, -0.2) is 9.78 Å². The molecule has 10 heteroatoms. The number of nitrogens with one attached hydrogen (secondary N) is 1. The minimum atomic E-state index is -4.46. The van der Waals surface area contributed by atoms with Crippen LogP contribution >= 0.6 is 0 Å². The lowest BCUT2D eigenvalue weighted by Crippen LogP contribution is -2.41. The standard InChI is InChI=1S/C25H29F3N4O3/c1-4-14-31(24(34)29-18-12-10-17(11-13-18)25(26,27)28)21(5-2)22-30-20-9-7-6-8-19(20)23(33)32(22)15-16-35-3/h6-13,21H,4-5,14-16H2,1-3H3,(H,29,34). The van der Waals surface area contributed by atoms with Crippen LogP contribution in [0.15, 0.2) is 53.3 Å². The number of alkyl halides is 3. The Morgan fingerprint density at radius 2 is 1.83 bits per heavy atom. The number of urea groups is 1. The Hall–Kier alpha value is -3.40. The van der Waals surface area contributed by atoms with Crippen molar-refractivity contribution in [2.75, 3.05) is 25.6 Å². The van der Waals surface area contributed by atoms with E-state index >= 15 is 0 Å². The van der Waals surface area contributed by atoms with Gasteiger partial charge in [0.05, 0.1) is 35.7 Å². The Bertz CT molecular complexity index is 1210. The summed E-state index contributed by atoms with van der Waals surface area (Å²) in [5, 5.41) is 3.16. The monoisotopic (exact) mass is 490 g/mol. The number of para-hydroxylation sites is 1. The van der Waals surface area contributed by atoms with Crippen molar-refractivity contribution in [2.24, 2.45) is 0 Å². The van der Waals surface area contributed by atoms with E-state index in [2.05, 4.69) is 5.32 Å². The first kappa shape index (κ1) is 26.2. The molecule has 0 fully saturated rings. The minimum Gasteiger partial charge on any atom is -0.383 e. The topological polar surface area (TPSA) is 76.5 Å². The highest BCUT2D eigenvalue weighted by atomic mass is 19.4. The summed E-state index contributed by atoms with van der Waals surface area (Å²) in [7, 11) is 1.54. The number of halogens is 3. The molecule has 1 N–H and O–H groups in total. The van der Waals surface area contributed by atoms with Gasteiger partial charge in [0.2, 0.25) is 0 Å². The number of carbonyl (C=O) groups excluding carboxylic acids is 1. The zero-order valence-corrected chi connectivity index (χ0v) is 19.9. The zero-order chi connectivity index (χ0) is 25.6. The fourth-order valence-corrected chi connectivity index (χ4v) is 3.96. The summed E-state index contributed by atoms with van der Waals surface area (Å²) in [6.45, 7) is 4.71. The van der Waals surface area contributed by atoms with Crippen LogP contribution in [0.2, 0.25) is 0 Å². The smallest absolute Gasteiger partial charge is 0.383 e. The highest BCUT2D eigenvalue weighted by Gasteiger charge is 2.31. The molecular formula is C25H29F3N4O3. The third-order valence-electron chi connectivity index (χ3n) is 5.66. The molecule has 3 aromatic rings. The molecule has 0 saturated heterocycles. The molecule has 1 aromatic heterocycles. The Morgan fingerprint density at radius 3 is 2.43 bits per heavy atom. The number of nitrogens with zero attached hydrogens (tertiary/aromatic N) is 3. The summed E-state index contributed by atoms with van der Waals surface area (Å²) >= 11 is 0. The van der Waals surface area contributed by atoms with E-state index in [1.807, 2.05) is 13.8 Å². The van der Waals surface area contributed by atoms with Crippen LogP contribution in [0.25, 0.3) is 10.9 Å². The first-order valence-corrected chi connectivity index (χ1v) is 11.4. The molecule has 2 aromatic carbocycles. The molecule has 0 aliphatic rings. The molecule has 1 unspecified atom stereocenters. The Morgan fingerprint density at radius 1 is 1.14 bits per heavy atom. The number of aromatic nitrogens is 2. The van der Waals surface area contributed by atoms with Gasteiger partial charge < -0.3 is 15.0 Å². The molecule has 0 spiro atoms. The maximum absolute atomic E-state index is 13.3. The average Bonchev–Trinajstić information content (AvgIpc) is 2.83.